The van der Waals surface area contributed by atoms with E-state index in [0.717, 1.165) is 22.2 Å². The summed E-state index contributed by atoms with van der Waals surface area (Å²) in [6.45, 7) is 0.767. The van der Waals surface area contributed by atoms with Crippen molar-refractivity contribution in [2.75, 3.05) is 7.05 Å². The molecule has 3 nitrogen and oxygen atoms in total. The first-order valence-electron chi connectivity index (χ1n) is 4.61. The van der Waals surface area contributed by atoms with Gasteiger partial charge in [-0.3, -0.25) is 0 Å². The van der Waals surface area contributed by atoms with Gasteiger partial charge in [0.25, 0.3) is 0 Å². The zero-order valence-corrected chi connectivity index (χ0v) is 9.10. The van der Waals surface area contributed by atoms with Crippen molar-refractivity contribution < 1.29 is 9.90 Å². The minimum Gasteiger partial charge on any atom is -0.478 e. The molecular formula is C11H11NO2S. The van der Waals surface area contributed by atoms with Crippen molar-refractivity contribution in [2.24, 2.45) is 0 Å². The molecule has 2 aromatic rings. The minimum absolute atomic E-state index is 0.389. The van der Waals surface area contributed by atoms with E-state index in [1.165, 1.54) is 11.3 Å². The van der Waals surface area contributed by atoms with Crippen LogP contribution in [0.2, 0.25) is 0 Å². The van der Waals surface area contributed by atoms with Crippen molar-refractivity contribution >= 4 is 27.4 Å². The van der Waals surface area contributed by atoms with Crippen LogP contribution in [0.25, 0.3) is 10.1 Å². The van der Waals surface area contributed by atoms with Crippen LogP contribution in [0, 0.1) is 0 Å². The normalized spacial score (nSPS) is 10.7. The summed E-state index contributed by atoms with van der Waals surface area (Å²) in [5.41, 5.74) is 1.54. The molecule has 78 valence electrons. The highest BCUT2D eigenvalue weighted by Gasteiger charge is 2.11. The van der Waals surface area contributed by atoms with Crippen molar-refractivity contribution in [3.8, 4) is 0 Å². The first kappa shape index (κ1) is 10.1. The van der Waals surface area contributed by atoms with Crippen LogP contribution in [-0.4, -0.2) is 18.1 Å². The Balaban J connectivity index is 2.63. The Kier molecular flexibility index (Phi) is 2.70. The molecule has 1 aromatic carbocycles. The van der Waals surface area contributed by atoms with E-state index in [0.29, 0.717) is 5.56 Å². The molecule has 0 aliphatic rings. The van der Waals surface area contributed by atoms with Gasteiger partial charge >= 0.3 is 5.97 Å². The van der Waals surface area contributed by atoms with Gasteiger partial charge < -0.3 is 10.4 Å². The van der Waals surface area contributed by atoms with Gasteiger partial charge in [0.05, 0.1) is 5.56 Å². The molecule has 0 amide bonds. The Morgan fingerprint density at radius 1 is 1.53 bits per heavy atom. The number of thiophene rings is 1. The van der Waals surface area contributed by atoms with Crippen LogP contribution in [0.1, 0.15) is 15.9 Å². The zero-order chi connectivity index (χ0) is 10.8. The van der Waals surface area contributed by atoms with E-state index in [9.17, 15) is 4.79 Å². The van der Waals surface area contributed by atoms with Gasteiger partial charge in [-0.25, -0.2) is 4.79 Å². The number of aromatic carboxylic acids is 1. The number of carboxylic acid groups (broad SMARTS) is 1. The molecule has 0 saturated carbocycles. The number of rotatable bonds is 3. The Bertz CT molecular complexity index is 504. The smallest absolute Gasteiger partial charge is 0.337 e. The van der Waals surface area contributed by atoms with Gasteiger partial charge in [0.2, 0.25) is 0 Å². The van der Waals surface area contributed by atoms with E-state index in [1.54, 1.807) is 12.1 Å². The number of fused-ring (bicyclic) bond motifs is 1. The summed E-state index contributed by atoms with van der Waals surface area (Å²) >= 11 is 1.49. The number of hydrogen-bond donors (Lipinski definition) is 2. The Labute approximate surface area is 91.4 Å². The minimum atomic E-state index is -0.863. The van der Waals surface area contributed by atoms with E-state index < -0.39 is 5.97 Å². The number of hydrogen-bond acceptors (Lipinski definition) is 3. The molecule has 0 fully saturated rings. The summed E-state index contributed by atoms with van der Waals surface area (Å²) in [5, 5.41) is 15.1. The van der Waals surface area contributed by atoms with Crippen molar-refractivity contribution in [1.29, 1.82) is 0 Å². The molecule has 0 unspecified atom stereocenters. The zero-order valence-electron chi connectivity index (χ0n) is 8.28. The highest BCUT2D eigenvalue weighted by molar-refractivity contribution is 7.17. The fourth-order valence-corrected chi connectivity index (χ4v) is 2.68. The van der Waals surface area contributed by atoms with Crippen LogP contribution in [0.5, 0.6) is 0 Å². The first-order valence-corrected chi connectivity index (χ1v) is 5.49. The fraction of sp³-hybridized carbons (Fsp3) is 0.182. The SMILES string of the molecule is CNCc1csc2c(C(=O)O)cccc12. The fourth-order valence-electron chi connectivity index (χ4n) is 1.61. The third kappa shape index (κ3) is 1.73. The van der Waals surface area contributed by atoms with E-state index in [-0.39, 0.29) is 0 Å². The molecule has 0 saturated heterocycles. The van der Waals surface area contributed by atoms with Crippen LogP contribution in [-0.2, 0) is 6.54 Å². The Morgan fingerprint density at radius 3 is 3.00 bits per heavy atom. The summed E-state index contributed by atoms with van der Waals surface area (Å²) in [5.74, 6) is -0.863. The molecule has 0 bridgehead atoms. The Hall–Kier alpha value is -1.39. The summed E-state index contributed by atoms with van der Waals surface area (Å²) in [4.78, 5) is 11.0. The van der Waals surface area contributed by atoms with Gasteiger partial charge in [0, 0.05) is 11.2 Å². The van der Waals surface area contributed by atoms with Gasteiger partial charge in [-0.15, -0.1) is 11.3 Å². The second-order valence-electron chi connectivity index (χ2n) is 3.28. The van der Waals surface area contributed by atoms with E-state index in [4.69, 9.17) is 5.11 Å². The molecule has 0 atom stereocenters. The van der Waals surface area contributed by atoms with Gasteiger partial charge in [-0.05, 0) is 29.4 Å². The second kappa shape index (κ2) is 4.00. The lowest BCUT2D eigenvalue weighted by Gasteiger charge is -1.99. The van der Waals surface area contributed by atoms with Crippen LogP contribution in [0.15, 0.2) is 23.6 Å². The van der Waals surface area contributed by atoms with Crippen LogP contribution >= 0.6 is 11.3 Å². The maximum atomic E-state index is 11.0. The molecule has 2 N–H and O–H groups in total. The predicted octanol–water partition coefficient (Wildman–Crippen LogP) is 2.32. The van der Waals surface area contributed by atoms with Gasteiger partial charge in [-0.2, -0.15) is 0 Å². The van der Waals surface area contributed by atoms with Crippen LogP contribution in [0.3, 0.4) is 0 Å². The quantitative estimate of drug-likeness (QED) is 0.836. The molecule has 0 aliphatic carbocycles. The summed E-state index contributed by atoms with van der Waals surface area (Å²) in [7, 11) is 1.88. The van der Waals surface area contributed by atoms with E-state index in [1.807, 2.05) is 18.5 Å². The highest BCUT2D eigenvalue weighted by Crippen LogP contribution is 2.29. The van der Waals surface area contributed by atoms with Crippen LogP contribution in [0.4, 0.5) is 0 Å². The standard InChI is InChI=1S/C11H11NO2S/c1-12-5-7-6-15-10-8(7)3-2-4-9(10)11(13)14/h2-4,6,12H,5H2,1H3,(H,13,14). The number of carboxylic acids is 1. The van der Waals surface area contributed by atoms with Gasteiger partial charge in [0.15, 0.2) is 0 Å². The number of benzene rings is 1. The third-order valence-electron chi connectivity index (χ3n) is 2.28. The number of carbonyl (C=O) groups is 1. The molecule has 2 rings (SSSR count). The molecule has 0 spiro atoms. The number of nitrogens with one attached hydrogen (secondary N) is 1. The van der Waals surface area contributed by atoms with Crippen molar-refractivity contribution in [3.05, 3.63) is 34.7 Å². The Morgan fingerprint density at radius 2 is 2.33 bits per heavy atom. The predicted molar refractivity (Wildman–Crippen MR) is 61.5 cm³/mol. The summed E-state index contributed by atoms with van der Waals surface area (Å²) < 4.78 is 0.857. The molecule has 0 radical (unpaired) electrons. The van der Waals surface area contributed by atoms with Crippen molar-refractivity contribution in [1.82, 2.24) is 5.32 Å². The lowest BCUT2D eigenvalue weighted by molar-refractivity contribution is 0.0699. The molecule has 1 heterocycles. The largest absolute Gasteiger partial charge is 0.478 e. The topological polar surface area (TPSA) is 49.3 Å². The maximum Gasteiger partial charge on any atom is 0.337 e. The molecule has 4 heteroatoms. The summed E-state index contributed by atoms with van der Waals surface area (Å²) in [6, 6.07) is 5.40. The average Bonchev–Trinajstić information content (AvgIpc) is 2.62. The monoisotopic (exact) mass is 221 g/mol. The molecule has 1 aromatic heterocycles. The third-order valence-corrected chi connectivity index (χ3v) is 3.36. The van der Waals surface area contributed by atoms with E-state index >= 15 is 0 Å². The average molecular weight is 221 g/mol. The lowest BCUT2D eigenvalue weighted by atomic mass is 10.1. The molecule has 0 aliphatic heterocycles. The lowest BCUT2D eigenvalue weighted by Crippen LogP contribution is -2.04. The van der Waals surface area contributed by atoms with Crippen molar-refractivity contribution in [2.45, 2.75) is 6.54 Å². The van der Waals surface area contributed by atoms with Crippen molar-refractivity contribution in [3.63, 3.8) is 0 Å². The van der Waals surface area contributed by atoms with Gasteiger partial charge in [-0.1, -0.05) is 12.1 Å². The van der Waals surface area contributed by atoms with Gasteiger partial charge in [0.1, 0.15) is 0 Å². The first-order chi connectivity index (χ1) is 7.24. The summed E-state index contributed by atoms with van der Waals surface area (Å²) in [6.07, 6.45) is 0. The highest BCUT2D eigenvalue weighted by atomic mass is 32.1. The van der Waals surface area contributed by atoms with Crippen LogP contribution < -0.4 is 5.32 Å². The van der Waals surface area contributed by atoms with E-state index in [2.05, 4.69) is 5.32 Å². The second-order valence-corrected chi connectivity index (χ2v) is 4.16. The molecule has 15 heavy (non-hydrogen) atoms. The molecular weight excluding hydrogens is 210 g/mol. The maximum absolute atomic E-state index is 11.0.